The largest absolute Gasteiger partial charge is 0.464 e. The topological polar surface area (TPSA) is 44.1 Å². The Morgan fingerprint density at radius 2 is 2.27 bits per heavy atom. The summed E-state index contributed by atoms with van der Waals surface area (Å²) < 4.78 is 7.47. The zero-order valence-electron chi connectivity index (χ0n) is 8.57. The highest BCUT2D eigenvalue weighted by Gasteiger charge is 2.25. The van der Waals surface area contributed by atoms with Crippen molar-refractivity contribution in [2.75, 3.05) is 7.11 Å². The lowest BCUT2D eigenvalue weighted by Gasteiger charge is -2.12. The Labute approximate surface area is 102 Å². The van der Waals surface area contributed by atoms with Gasteiger partial charge >= 0.3 is 5.97 Å². The molecule has 0 saturated heterocycles. The number of ether oxygens (including phenoxy) is 1. The quantitative estimate of drug-likeness (QED) is 0.621. The molecular weight excluding hydrogens is 307 g/mol. The summed E-state index contributed by atoms with van der Waals surface area (Å²) in [6.07, 6.45) is 6.40. The fourth-order valence-corrected chi connectivity index (χ4v) is 2.65. The third-order valence-electron chi connectivity index (χ3n) is 2.80. The van der Waals surface area contributed by atoms with Crippen LogP contribution < -0.4 is 0 Å². The highest BCUT2D eigenvalue weighted by molar-refractivity contribution is 14.1. The van der Waals surface area contributed by atoms with E-state index in [-0.39, 0.29) is 5.97 Å². The monoisotopic (exact) mass is 320 g/mol. The molecule has 0 aliphatic heterocycles. The lowest BCUT2D eigenvalue weighted by atomic mass is 10.2. The number of methoxy groups -OCH3 is 1. The number of nitrogens with zero attached hydrogens (tertiary/aromatic N) is 2. The van der Waals surface area contributed by atoms with Crippen LogP contribution in [0.4, 0.5) is 0 Å². The Kier molecular flexibility index (Phi) is 3.28. The summed E-state index contributed by atoms with van der Waals surface area (Å²) in [7, 11) is 1.41. The second-order valence-electron chi connectivity index (χ2n) is 3.72. The molecule has 82 valence electrons. The van der Waals surface area contributed by atoms with Crippen molar-refractivity contribution in [3.63, 3.8) is 0 Å². The second kappa shape index (κ2) is 4.51. The molecule has 4 nitrogen and oxygen atoms in total. The predicted octanol–water partition coefficient (Wildman–Crippen LogP) is 2.39. The van der Waals surface area contributed by atoms with Crippen LogP contribution in [0, 0.1) is 3.57 Å². The van der Waals surface area contributed by atoms with E-state index in [9.17, 15) is 4.79 Å². The van der Waals surface area contributed by atoms with Crippen molar-refractivity contribution >= 4 is 28.6 Å². The van der Waals surface area contributed by atoms with E-state index in [1.165, 1.54) is 20.0 Å². The van der Waals surface area contributed by atoms with Crippen molar-refractivity contribution in [1.29, 1.82) is 0 Å². The lowest BCUT2D eigenvalue weighted by Crippen LogP contribution is -2.16. The molecule has 0 aromatic carbocycles. The molecule has 0 unspecified atom stereocenters. The molecule has 1 aliphatic carbocycles. The van der Waals surface area contributed by atoms with Gasteiger partial charge in [0.2, 0.25) is 0 Å². The number of esters is 1. The molecule has 1 aromatic heterocycles. The first-order valence-corrected chi connectivity index (χ1v) is 6.13. The molecule has 1 aromatic rings. The van der Waals surface area contributed by atoms with Crippen molar-refractivity contribution < 1.29 is 9.53 Å². The fourth-order valence-electron chi connectivity index (χ4n) is 2.05. The Bertz CT molecular complexity index is 369. The number of aromatic nitrogens is 2. The van der Waals surface area contributed by atoms with Crippen LogP contribution in [0.15, 0.2) is 6.20 Å². The van der Waals surface area contributed by atoms with Crippen LogP contribution in [0.5, 0.6) is 0 Å². The zero-order chi connectivity index (χ0) is 10.8. The van der Waals surface area contributed by atoms with Gasteiger partial charge in [0.05, 0.1) is 22.9 Å². The summed E-state index contributed by atoms with van der Waals surface area (Å²) in [4.78, 5) is 11.6. The summed E-state index contributed by atoms with van der Waals surface area (Å²) in [5.74, 6) is -0.288. The highest BCUT2D eigenvalue weighted by atomic mass is 127. The van der Waals surface area contributed by atoms with E-state index in [1.54, 1.807) is 6.20 Å². The number of hydrogen-bond donors (Lipinski definition) is 0. The van der Waals surface area contributed by atoms with Gasteiger partial charge in [-0.1, -0.05) is 12.8 Å². The zero-order valence-corrected chi connectivity index (χ0v) is 10.7. The Morgan fingerprint density at radius 1 is 1.60 bits per heavy atom. The Hall–Kier alpha value is -0.590. The van der Waals surface area contributed by atoms with Crippen LogP contribution >= 0.6 is 22.6 Å². The maximum absolute atomic E-state index is 11.6. The van der Waals surface area contributed by atoms with Gasteiger partial charge in [-0.15, -0.1) is 0 Å². The average Bonchev–Trinajstić information content (AvgIpc) is 2.85. The molecule has 0 radical (unpaired) electrons. The Morgan fingerprint density at radius 3 is 2.87 bits per heavy atom. The minimum Gasteiger partial charge on any atom is -0.464 e. The first-order valence-electron chi connectivity index (χ1n) is 5.05. The number of hydrogen-bond acceptors (Lipinski definition) is 3. The number of carbonyl (C=O) groups excluding carboxylic acids is 1. The molecule has 1 fully saturated rings. The van der Waals surface area contributed by atoms with Crippen molar-refractivity contribution in [3.8, 4) is 0 Å². The van der Waals surface area contributed by atoms with E-state index in [1.807, 2.05) is 4.68 Å². The van der Waals surface area contributed by atoms with Crippen LogP contribution in [0.1, 0.15) is 42.2 Å². The first-order chi connectivity index (χ1) is 7.24. The van der Waals surface area contributed by atoms with Crippen molar-refractivity contribution in [2.45, 2.75) is 31.7 Å². The van der Waals surface area contributed by atoms with Gasteiger partial charge in [-0.3, -0.25) is 4.68 Å². The van der Waals surface area contributed by atoms with Crippen molar-refractivity contribution in [1.82, 2.24) is 9.78 Å². The van der Waals surface area contributed by atoms with Crippen molar-refractivity contribution in [3.05, 3.63) is 15.5 Å². The summed E-state index contributed by atoms with van der Waals surface area (Å²) in [6.45, 7) is 0. The molecule has 0 N–H and O–H groups in total. The maximum atomic E-state index is 11.6. The lowest BCUT2D eigenvalue weighted by molar-refractivity contribution is 0.0582. The molecule has 5 heteroatoms. The minimum absolute atomic E-state index is 0.288. The van der Waals surface area contributed by atoms with E-state index in [0.717, 1.165) is 16.4 Å². The molecule has 0 spiro atoms. The van der Waals surface area contributed by atoms with Crippen LogP contribution in [-0.4, -0.2) is 22.9 Å². The summed E-state index contributed by atoms with van der Waals surface area (Å²) in [5.41, 5.74) is 0.602. The summed E-state index contributed by atoms with van der Waals surface area (Å²) in [5, 5.41) is 4.28. The molecule has 1 heterocycles. The number of carbonyl (C=O) groups is 1. The number of rotatable bonds is 2. The van der Waals surface area contributed by atoms with E-state index >= 15 is 0 Å². The van der Waals surface area contributed by atoms with Gasteiger partial charge in [0.15, 0.2) is 5.69 Å². The van der Waals surface area contributed by atoms with Crippen LogP contribution in [0.2, 0.25) is 0 Å². The summed E-state index contributed by atoms with van der Waals surface area (Å²) >= 11 is 2.12. The second-order valence-corrected chi connectivity index (χ2v) is 4.88. The van der Waals surface area contributed by atoms with Gasteiger partial charge in [-0.25, -0.2) is 4.79 Å². The number of halogens is 1. The average molecular weight is 320 g/mol. The molecule has 1 saturated carbocycles. The first kappa shape index (κ1) is 10.9. The van der Waals surface area contributed by atoms with E-state index < -0.39 is 0 Å². The normalized spacial score (nSPS) is 16.9. The van der Waals surface area contributed by atoms with Crippen molar-refractivity contribution in [2.24, 2.45) is 0 Å². The molecule has 0 bridgehead atoms. The van der Waals surface area contributed by atoms with Crippen LogP contribution in [-0.2, 0) is 4.74 Å². The van der Waals surface area contributed by atoms with Gasteiger partial charge < -0.3 is 4.74 Å². The van der Waals surface area contributed by atoms with E-state index in [2.05, 4.69) is 27.7 Å². The highest BCUT2D eigenvalue weighted by Crippen LogP contribution is 2.31. The molecule has 0 amide bonds. The predicted molar refractivity (Wildman–Crippen MR) is 63.8 cm³/mol. The Balaban J connectivity index is 2.34. The van der Waals surface area contributed by atoms with Crippen LogP contribution in [0.3, 0.4) is 0 Å². The standard InChI is InChI=1S/C10H13IN2O2/c1-15-10(14)9-8(11)6-12-13(9)7-4-2-3-5-7/h6-7H,2-5H2,1H3. The van der Waals surface area contributed by atoms with Gasteiger partial charge in [-0.05, 0) is 35.4 Å². The molecule has 15 heavy (non-hydrogen) atoms. The van der Waals surface area contributed by atoms with Gasteiger partial charge in [0.1, 0.15) is 0 Å². The molecule has 2 rings (SSSR count). The SMILES string of the molecule is COC(=O)c1c(I)cnn1C1CCCC1. The van der Waals surface area contributed by atoms with Gasteiger partial charge in [-0.2, -0.15) is 5.10 Å². The van der Waals surface area contributed by atoms with Gasteiger partial charge in [0, 0.05) is 0 Å². The third kappa shape index (κ3) is 2.02. The minimum atomic E-state index is -0.288. The molecular formula is C10H13IN2O2. The van der Waals surface area contributed by atoms with Crippen LogP contribution in [0.25, 0.3) is 0 Å². The molecule has 1 aliphatic rings. The van der Waals surface area contributed by atoms with E-state index in [0.29, 0.717) is 11.7 Å². The maximum Gasteiger partial charge on any atom is 0.357 e. The fraction of sp³-hybridized carbons (Fsp3) is 0.600. The molecule has 0 atom stereocenters. The van der Waals surface area contributed by atoms with E-state index in [4.69, 9.17) is 4.74 Å². The smallest absolute Gasteiger partial charge is 0.357 e. The summed E-state index contributed by atoms with van der Waals surface area (Å²) in [6, 6.07) is 0.377. The third-order valence-corrected chi connectivity index (χ3v) is 3.59. The van der Waals surface area contributed by atoms with Gasteiger partial charge in [0.25, 0.3) is 0 Å².